The van der Waals surface area contributed by atoms with Crippen LogP contribution in [0.1, 0.15) is 11.1 Å². The van der Waals surface area contributed by atoms with E-state index >= 15 is 0 Å². The Bertz CT molecular complexity index is 993. The SMILES string of the molecule is c1ccc(-c2cccc3c2Cc2c-3[nH]c3ccccc23)cc1. The summed E-state index contributed by atoms with van der Waals surface area (Å²) in [7, 11) is 0. The number of H-pyrrole nitrogens is 1. The third-order valence-electron chi connectivity index (χ3n) is 4.70. The molecule has 5 rings (SSSR count). The lowest BCUT2D eigenvalue weighted by Gasteiger charge is -2.09. The number of benzene rings is 3. The average molecular weight is 281 g/mol. The van der Waals surface area contributed by atoms with Crippen LogP contribution in [-0.2, 0) is 6.42 Å². The number of fused-ring (bicyclic) bond motifs is 5. The summed E-state index contributed by atoms with van der Waals surface area (Å²) in [6, 6.07) is 25.9. The molecule has 0 aliphatic heterocycles. The molecule has 0 atom stereocenters. The van der Waals surface area contributed by atoms with Crippen LogP contribution in [0.5, 0.6) is 0 Å². The Morgan fingerprint density at radius 1 is 0.636 bits per heavy atom. The van der Waals surface area contributed by atoms with Gasteiger partial charge in [0.2, 0.25) is 0 Å². The van der Waals surface area contributed by atoms with Crippen LogP contribution in [0.4, 0.5) is 0 Å². The zero-order valence-corrected chi connectivity index (χ0v) is 12.1. The highest BCUT2D eigenvalue weighted by Gasteiger charge is 2.25. The van der Waals surface area contributed by atoms with Crippen LogP contribution in [-0.4, -0.2) is 4.98 Å². The topological polar surface area (TPSA) is 15.8 Å². The van der Waals surface area contributed by atoms with Crippen molar-refractivity contribution in [2.75, 3.05) is 0 Å². The highest BCUT2D eigenvalue weighted by molar-refractivity contribution is 5.96. The van der Waals surface area contributed by atoms with E-state index < -0.39 is 0 Å². The first kappa shape index (κ1) is 11.8. The van der Waals surface area contributed by atoms with Crippen molar-refractivity contribution < 1.29 is 0 Å². The standard InChI is InChI=1S/C21H15N/c1-2-7-14(8-3-1)15-10-6-11-17-18(15)13-19-16-9-4-5-12-20(16)22-21(17)19/h1-12,22H,13H2. The molecule has 22 heavy (non-hydrogen) atoms. The number of rotatable bonds is 1. The fourth-order valence-corrected chi connectivity index (χ4v) is 3.69. The fourth-order valence-electron chi connectivity index (χ4n) is 3.69. The van der Waals surface area contributed by atoms with Crippen LogP contribution in [0.3, 0.4) is 0 Å². The van der Waals surface area contributed by atoms with Crippen LogP contribution in [0.2, 0.25) is 0 Å². The Morgan fingerprint density at radius 3 is 2.32 bits per heavy atom. The molecule has 0 amide bonds. The van der Waals surface area contributed by atoms with Crippen molar-refractivity contribution in [1.82, 2.24) is 4.98 Å². The first-order valence-corrected chi connectivity index (χ1v) is 7.69. The van der Waals surface area contributed by atoms with Gasteiger partial charge in [-0.05, 0) is 28.3 Å². The number of para-hydroxylation sites is 1. The molecule has 1 N–H and O–H groups in total. The summed E-state index contributed by atoms with van der Waals surface area (Å²) in [6.45, 7) is 0. The maximum atomic E-state index is 3.61. The van der Waals surface area contributed by atoms with E-state index in [-0.39, 0.29) is 0 Å². The summed E-state index contributed by atoms with van der Waals surface area (Å²) in [5, 5.41) is 1.35. The van der Waals surface area contributed by atoms with Gasteiger partial charge in [0, 0.05) is 22.9 Å². The van der Waals surface area contributed by atoms with Gasteiger partial charge in [0.15, 0.2) is 0 Å². The van der Waals surface area contributed by atoms with E-state index in [4.69, 9.17) is 0 Å². The Morgan fingerprint density at radius 2 is 1.41 bits per heavy atom. The second-order valence-electron chi connectivity index (χ2n) is 5.90. The van der Waals surface area contributed by atoms with E-state index in [0.29, 0.717) is 0 Å². The van der Waals surface area contributed by atoms with Crippen molar-refractivity contribution >= 4 is 10.9 Å². The van der Waals surface area contributed by atoms with Gasteiger partial charge < -0.3 is 4.98 Å². The number of hydrogen-bond acceptors (Lipinski definition) is 0. The summed E-state index contributed by atoms with van der Waals surface area (Å²) in [4.78, 5) is 3.61. The summed E-state index contributed by atoms with van der Waals surface area (Å²) >= 11 is 0. The van der Waals surface area contributed by atoms with Crippen molar-refractivity contribution in [3.63, 3.8) is 0 Å². The minimum absolute atomic E-state index is 1.01. The molecule has 4 aromatic rings. The van der Waals surface area contributed by atoms with Crippen molar-refractivity contribution in [3.8, 4) is 22.4 Å². The van der Waals surface area contributed by atoms with Crippen LogP contribution in [0.25, 0.3) is 33.3 Å². The lowest BCUT2D eigenvalue weighted by molar-refractivity contribution is 1.29. The van der Waals surface area contributed by atoms with Crippen LogP contribution >= 0.6 is 0 Å². The predicted octanol–water partition coefficient (Wildman–Crippen LogP) is 5.41. The van der Waals surface area contributed by atoms with Gasteiger partial charge in [-0.3, -0.25) is 0 Å². The van der Waals surface area contributed by atoms with Gasteiger partial charge in [0.05, 0.1) is 5.69 Å². The summed E-state index contributed by atoms with van der Waals surface area (Å²) < 4.78 is 0. The molecule has 0 spiro atoms. The largest absolute Gasteiger partial charge is 0.354 e. The van der Waals surface area contributed by atoms with Gasteiger partial charge in [-0.15, -0.1) is 0 Å². The number of hydrogen-bond donors (Lipinski definition) is 1. The zero-order valence-electron chi connectivity index (χ0n) is 12.1. The summed E-state index contributed by atoms with van der Waals surface area (Å²) in [5.41, 5.74) is 9.43. The van der Waals surface area contributed by atoms with Crippen molar-refractivity contribution in [2.45, 2.75) is 6.42 Å². The van der Waals surface area contributed by atoms with Crippen LogP contribution in [0.15, 0.2) is 72.8 Å². The smallest absolute Gasteiger partial charge is 0.0503 e. The molecule has 3 aromatic carbocycles. The maximum absolute atomic E-state index is 3.61. The van der Waals surface area contributed by atoms with Gasteiger partial charge in [-0.1, -0.05) is 66.7 Å². The molecular weight excluding hydrogens is 266 g/mol. The molecular formula is C21H15N. The second kappa shape index (κ2) is 4.35. The Hall–Kier alpha value is -2.80. The zero-order chi connectivity index (χ0) is 14.5. The molecule has 1 aromatic heterocycles. The lowest BCUT2D eigenvalue weighted by Crippen LogP contribution is -1.88. The van der Waals surface area contributed by atoms with Gasteiger partial charge in [0.25, 0.3) is 0 Å². The third kappa shape index (κ3) is 1.54. The second-order valence-corrected chi connectivity index (χ2v) is 5.90. The molecule has 0 saturated carbocycles. The fraction of sp³-hybridized carbons (Fsp3) is 0.0476. The first-order valence-electron chi connectivity index (χ1n) is 7.69. The normalized spacial score (nSPS) is 12.4. The molecule has 0 bridgehead atoms. The van der Waals surface area contributed by atoms with Crippen molar-refractivity contribution in [2.24, 2.45) is 0 Å². The minimum Gasteiger partial charge on any atom is -0.354 e. The first-order chi connectivity index (χ1) is 10.9. The lowest BCUT2D eigenvalue weighted by atomic mass is 9.96. The van der Waals surface area contributed by atoms with E-state index in [9.17, 15) is 0 Å². The number of aromatic amines is 1. The molecule has 1 heterocycles. The summed E-state index contributed by atoms with van der Waals surface area (Å²) in [5.74, 6) is 0. The molecule has 0 fully saturated rings. The van der Waals surface area contributed by atoms with Crippen molar-refractivity contribution in [1.29, 1.82) is 0 Å². The van der Waals surface area contributed by atoms with Gasteiger partial charge in [-0.2, -0.15) is 0 Å². The number of aromatic nitrogens is 1. The van der Waals surface area contributed by atoms with Gasteiger partial charge in [0.1, 0.15) is 0 Å². The summed E-state index contributed by atoms with van der Waals surface area (Å²) in [6.07, 6.45) is 1.01. The highest BCUT2D eigenvalue weighted by atomic mass is 14.7. The predicted molar refractivity (Wildman–Crippen MR) is 92.0 cm³/mol. The van der Waals surface area contributed by atoms with E-state index in [1.54, 1.807) is 0 Å². The van der Waals surface area contributed by atoms with Crippen LogP contribution < -0.4 is 0 Å². The maximum Gasteiger partial charge on any atom is 0.0503 e. The van der Waals surface area contributed by atoms with E-state index in [1.165, 1.54) is 44.4 Å². The molecule has 1 nitrogen and oxygen atoms in total. The molecule has 104 valence electrons. The van der Waals surface area contributed by atoms with E-state index in [0.717, 1.165) is 6.42 Å². The molecule has 0 saturated heterocycles. The minimum atomic E-state index is 1.01. The molecule has 0 unspecified atom stereocenters. The quantitative estimate of drug-likeness (QED) is 0.423. The van der Waals surface area contributed by atoms with Crippen molar-refractivity contribution in [3.05, 3.63) is 83.9 Å². The van der Waals surface area contributed by atoms with Gasteiger partial charge in [-0.25, -0.2) is 0 Å². The molecule has 1 aliphatic rings. The average Bonchev–Trinajstić information content (AvgIpc) is 3.12. The Balaban J connectivity index is 1.77. The van der Waals surface area contributed by atoms with Crippen LogP contribution in [0, 0.1) is 0 Å². The van der Waals surface area contributed by atoms with Gasteiger partial charge >= 0.3 is 0 Å². The Kier molecular flexibility index (Phi) is 2.33. The third-order valence-corrected chi connectivity index (χ3v) is 4.70. The molecule has 1 heteroatoms. The highest BCUT2D eigenvalue weighted by Crippen LogP contribution is 2.43. The monoisotopic (exact) mass is 281 g/mol. The molecule has 1 aliphatic carbocycles. The molecule has 0 radical (unpaired) electrons. The number of nitrogens with one attached hydrogen (secondary N) is 1. The van der Waals surface area contributed by atoms with E-state index in [1.807, 2.05) is 0 Å². The Labute approximate surface area is 129 Å². The van der Waals surface area contributed by atoms with E-state index in [2.05, 4.69) is 77.8 Å².